The Morgan fingerprint density at radius 1 is 1.46 bits per heavy atom. The van der Waals surface area contributed by atoms with Crippen LogP contribution in [0.15, 0.2) is 22.0 Å². The molecule has 0 saturated heterocycles. The van der Waals surface area contributed by atoms with Crippen molar-refractivity contribution >= 4 is 43.0 Å². The molecule has 1 aromatic heterocycles. The predicted molar refractivity (Wildman–Crippen MR) is 58.7 cm³/mol. The molecule has 0 bridgehead atoms. The third-order valence-corrected chi connectivity index (χ3v) is 3.42. The largest absolute Gasteiger partial charge is 0.398 e. The summed E-state index contributed by atoms with van der Waals surface area (Å²) in [5.74, 6) is 0. The van der Waals surface area contributed by atoms with E-state index in [1.54, 1.807) is 17.4 Å². The molecule has 4 heteroatoms. The molecule has 2 aromatic rings. The summed E-state index contributed by atoms with van der Waals surface area (Å²) in [7, 11) is 0. The summed E-state index contributed by atoms with van der Waals surface area (Å²) in [5, 5.41) is 9.82. The zero-order valence-corrected chi connectivity index (χ0v) is 8.95. The van der Waals surface area contributed by atoms with Gasteiger partial charge in [0.2, 0.25) is 0 Å². The van der Waals surface area contributed by atoms with Gasteiger partial charge in [0.25, 0.3) is 0 Å². The molecule has 0 spiro atoms. The second kappa shape index (κ2) is 3.02. The molecule has 0 unspecified atom stereocenters. The van der Waals surface area contributed by atoms with Crippen molar-refractivity contribution in [3.8, 4) is 6.07 Å². The predicted octanol–water partition coefficient (Wildman–Crippen LogP) is 3.12. The topological polar surface area (TPSA) is 49.8 Å². The molecule has 0 atom stereocenters. The fourth-order valence-corrected chi connectivity index (χ4v) is 2.77. The molecular weight excluding hydrogens is 248 g/mol. The molecule has 2 N–H and O–H groups in total. The maximum atomic E-state index is 8.89. The lowest BCUT2D eigenvalue weighted by Crippen LogP contribution is -1.89. The van der Waals surface area contributed by atoms with E-state index in [9.17, 15) is 0 Å². The van der Waals surface area contributed by atoms with E-state index >= 15 is 0 Å². The lowest BCUT2D eigenvalue weighted by molar-refractivity contribution is 1.51. The molecule has 0 amide bonds. The van der Waals surface area contributed by atoms with Gasteiger partial charge in [0.1, 0.15) is 6.07 Å². The number of thiophene rings is 1. The highest BCUT2D eigenvalue weighted by Crippen LogP contribution is 2.33. The Hall–Kier alpha value is -1.05. The third-order valence-electron chi connectivity index (χ3n) is 1.81. The molecule has 64 valence electrons. The third kappa shape index (κ3) is 1.30. The van der Waals surface area contributed by atoms with Crippen LogP contribution in [0.4, 0.5) is 5.69 Å². The van der Waals surface area contributed by atoms with Crippen LogP contribution in [0.25, 0.3) is 10.1 Å². The molecule has 2 nitrogen and oxygen atoms in total. The smallest absolute Gasteiger partial charge is 0.102 e. The van der Waals surface area contributed by atoms with Crippen LogP contribution in [0, 0.1) is 11.3 Å². The fraction of sp³-hybridized carbons (Fsp3) is 0. The fourth-order valence-electron chi connectivity index (χ4n) is 1.22. The quantitative estimate of drug-likeness (QED) is 0.733. The first kappa shape index (κ1) is 8.54. The summed E-state index contributed by atoms with van der Waals surface area (Å²) in [6.07, 6.45) is 0. The molecule has 0 saturated carbocycles. The molecule has 0 fully saturated rings. The van der Waals surface area contributed by atoms with Crippen molar-refractivity contribution in [2.45, 2.75) is 0 Å². The van der Waals surface area contributed by atoms with Crippen LogP contribution in [-0.2, 0) is 0 Å². The second-order valence-corrected chi connectivity index (χ2v) is 5.07. The van der Waals surface area contributed by atoms with E-state index in [2.05, 4.69) is 22.0 Å². The molecule has 0 radical (unpaired) electrons. The Morgan fingerprint density at radius 2 is 2.23 bits per heavy atom. The highest BCUT2D eigenvalue weighted by atomic mass is 79.9. The van der Waals surface area contributed by atoms with Gasteiger partial charge in [-0.25, -0.2) is 0 Å². The summed E-state index contributed by atoms with van der Waals surface area (Å²) in [6, 6.07) is 7.74. The standard InChI is InChI=1S/C9H5BrN2S/c10-9-3-5-6(4-11)7(12)1-2-8(5)13-9/h1-3H,12H2. The van der Waals surface area contributed by atoms with Crippen LogP contribution in [0.5, 0.6) is 0 Å². The van der Waals surface area contributed by atoms with Gasteiger partial charge in [0.15, 0.2) is 0 Å². The first-order chi connectivity index (χ1) is 6.22. The van der Waals surface area contributed by atoms with Crippen molar-refractivity contribution in [1.82, 2.24) is 0 Å². The second-order valence-electron chi connectivity index (χ2n) is 2.60. The summed E-state index contributed by atoms with van der Waals surface area (Å²) >= 11 is 4.98. The average Bonchev–Trinajstić information content (AvgIpc) is 2.45. The highest BCUT2D eigenvalue weighted by molar-refractivity contribution is 9.11. The first-order valence-corrected chi connectivity index (χ1v) is 5.21. The van der Waals surface area contributed by atoms with Crippen molar-refractivity contribution in [3.05, 3.63) is 27.5 Å². The zero-order valence-electron chi connectivity index (χ0n) is 6.54. The molecule has 1 aromatic carbocycles. The number of nitrogen functional groups attached to an aromatic ring is 1. The molecule has 1 heterocycles. The van der Waals surface area contributed by atoms with E-state index in [1.807, 2.05) is 12.1 Å². The summed E-state index contributed by atoms with van der Waals surface area (Å²) in [4.78, 5) is 0. The normalized spacial score (nSPS) is 10.2. The van der Waals surface area contributed by atoms with Crippen LogP contribution in [0.2, 0.25) is 0 Å². The Bertz CT molecular complexity index is 510. The summed E-state index contributed by atoms with van der Waals surface area (Å²) in [5.41, 5.74) is 6.78. The maximum Gasteiger partial charge on any atom is 0.102 e. The Morgan fingerprint density at radius 3 is 2.92 bits per heavy atom. The van der Waals surface area contributed by atoms with Crippen molar-refractivity contribution in [2.24, 2.45) is 0 Å². The molecule has 13 heavy (non-hydrogen) atoms. The van der Waals surface area contributed by atoms with Crippen LogP contribution >= 0.6 is 27.3 Å². The SMILES string of the molecule is N#Cc1c(N)ccc2sc(Br)cc12. The van der Waals surface area contributed by atoms with E-state index in [-0.39, 0.29) is 0 Å². The summed E-state index contributed by atoms with van der Waals surface area (Å²) in [6.45, 7) is 0. The van der Waals surface area contributed by atoms with Gasteiger partial charge in [0.05, 0.1) is 15.0 Å². The van der Waals surface area contributed by atoms with Crippen molar-refractivity contribution in [3.63, 3.8) is 0 Å². The zero-order chi connectivity index (χ0) is 9.42. The molecule has 2 rings (SSSR count). The number of nitriles is 1. The first-order valence-electron chi connectivity index (χ1n) is 3.60. The van der Waals surface area contributed by atoms with Crippen LogP contribution in [-0.4, -0.2) is 0 Å². The number of fused-ring (bicyclic) bond motifs is 1. The number of nitrogens with two attached hydrogens (primary N) is 1. The number of halogens is 1. The van der Waals surface area contributed by atoms with Gasteiger partial charge in [0, 0.05) is 10.1 Å². The van der Waals surface area contributed by atoms with Gasteiger partial charge in [-0.15, -0.1) is 11.3 Å². The minimum atomic E-state index is 0.542. The van der Waals surface area contributed by atoms with Crippen molar-refractivity contribution in [1.29, 1.82) is 5.26 Å². The van der Waals surface area contributed by atoms with Crippen LogP contribution < -0.4 is 5.73 Å². The van der Waals surface area contributed by atoms with Crippen molar-refractivity contribution < 1.29 is 0 Å². The van der Waals surface area contributed by atoms with Gasteiger partial charge in [-0.2, -0.15) is 5.26 Å². The number of nitrogens with zero attached hydrogens (tertiary/aromatic N) is 1. The van der Waals surface area contributed by atoms with Crippen LogP contribution in [0.3, 0.4) is 0 Å². The van der Waals surface area contributed by atoms with Gasteiger partial charge >= 0.3 is 0 Å². The lowest BCUT2D eigenvalue weighted by Gasteiger charge is -1.96. The number of benzene rings is 1. The van der Waals surface area contributed by atoms with Gasteiger partial charge < -0.3 is 5.73 Å². The van der Waals surface area contributed by atoms with Gasteiger partial charge in [-0.1, -0.05) is 0 Å². The van der Waals surface area contributed by atoms with Gasteiger partial charge in [-0.3, -0.25) is 0 Å². The minimum Gasteiger partial charge on any atom is -0.398 e. The molecule has 0 aliphatic heterocycles. The lowest BCUT2D eigenvalue weighted by atomic mass is 10.1. The molecule has 0 aliphatic rings. The molecule has 0 aliphatic carbocycles. The van der Waals surface area contributed by atoms with Gasteiger partial charge in [-0.05, 0) is 34.1 Å². The van der Waals surface area contributed by atoms with Crippen LogP contribution in [0.1, 0.15) is 5.56 Å². The van der Waals surface area contributed by atoms with E-state index in [0.717, 1.165) is 13.9 Å². The average molecular weight is 253 g/mol. The monoisotopic (exact) mass is 252 g/mol. The van der Waals surface area contributed by atoms with Crippen molar-refractivity contribution in [2.75, 3.05) is 5.73 Å². The van der Waals surface area contributed by atoms with E-state index in [4.69, 9.17) is 11.0 Å². The van der Waals surface area contributed by atoms with E-state index in [1.165, 1.54) is 0 Å². The van der Waals surface area contributed by atoms with E-state index in [0.29, 0.717) is 11.3 Å². The molecular formula is C9H5BrN2S. The highest BCUT2D eigenvalue weighted by Gasteiger charge is 2.07. The number of anilines is 1. The summed E-state index contributed by atoms with van der Waals surface area (Å²) < 4.78 is 2.10. The maximum absolute atomic E-state index is 8.89. The number of hydrogen-bond donors (Lipinski definition) is 1. The van der Waals surface area contributed by atoms with E-state index < -0.39 is 0 Å². The number of hydrogen-bond acceptors (Lipinski definition) is 3. The Labute approximate surface area is 87.7 Å². The Balaban J connectivity index is 2.93. The number of rotatable bonds is 0. The minimum absolute atomic E-state index is 0.542. The Kier molecular flexibility index (Phi) is 1.98.